The van der Waals surface area contributed by atoms with Gasteiger partial charge in [-0.15, -0.1) is 0 Å². The van der Waals surface area contributed by atoms with E-state index in [9.17, 15) is 4.79 Å². The summed E-state index contributed by atoms with van der Waals surface area (Å²) in [6.07, 6.45) is 2.10. The zero-order valence-corrected chi connectivity index (χ0v) is 12.9. The van der Waals surface area contributed by atoms with Gasteiger partial charge in [-0.3, -0.25) is 4.79 Å². The van der Waals surface area contributed by atoms with Crippen LogP contribution in [0.4, 0.5) is 0 Å². The highest BCUT2D eigenvalue weighted by molar-refractivity contribution is 5.94. The van der Waals surface area contributed by atoms with Crippen molar-refractivity contribution in [1.82, 2.24) is 4.90 Å². The number of ether oxygens (including phenoxy) is 2. The van der Waals surface area contributed by atoms with Crippen LogP contribution >= 0.6 is 0 Å². The molecule has 0 bridgehead atoms. The fourth-order valence-corrected chi connectivity index (χ4v) is 2.01. The minimum atomic E-state index is 0.0438. The first kappa shape index (κ1) is 16.3. The molecule has 0 fully saturated rings. The summed E-state index contributed by atoms with van der Waals surface area (Å²) in [7, 11) is 1.58. The molecule has 0 atom stereocenters. The predicted octanol–water partition coefficient (Wildman–Crippen LogP) is 3.36. The monoisotopic (exact) mass is 279 g/mol. The minimum Gasteiger partial charge on any atom is -0.493 e. The zero-order chi connectivity index (χ0) is 15.0. The van der Waals surface area contributed by atoms with E-state index in [1.165, 1.54) is 0 Å². The van der Waals surface area contributed by atoms with Crippen LogP contribution in [0.15, 0.2) is 18.2 Å². The van der Waals surface area contributed by atoms with E-state index in [0.29, 0.717) is 30.2 Å². The molecular formula is C16H25NO3. The summed E-state index contributed by atoms with van der Waals surface area (Å²) in [5.41, 5.74) is 0.642. The second kappa shape index (κ2) is 8.46. The van der Waals surface area contributed by atoms with E-state index in [0.717, 1.165) is 19.4 Å². The third-order valence-corrected chi connectivity index (χ3v) is 3.16. The number of hydrogen-bond acceptors (Lipinski definition) is 3. The van der Waals surface area contributed by atoms with Crippen LogP contribution in [0.2, 0.25) is 0 Å². The molecular weight excluding hydrogens is 254 g/mol. The van der Waals surface area contributed by atoms with E-state index in [-0.39, 0.29) is 5.91 Å². The molecule has 1 amide bonds. The van der Waals surface area contributed by atoms with Crippen LogP contribution in [0.25, 0.3) is 0 Å². The van der Waals surface area contributed by atoms with Gasteiger partial charge in [-0.1, -0.05) is 13.3 Å². The Morgan fingerprint density at radius 3 is 2.50 bits per heavy atom. The summed E-state index contributed by atoms with van der Waals surface area (Å²) < 4.78 is 10.8. The smallest absolute Gasteiger partial charge is 0.253 e. The van der Waals surface area contributed by atoms with Crippen LogP contribution in [0.5, 0.6) is 11.5 Å². The quantitative estimate of drug-likeness (QED) is 0.732. The Hall–Kier alpha value is -1.71. The number of hydrogen-bond donors (Lipinski definition) is 0. The SMILES string of the molecule is CCCCN(CC)C(=O)c1ccc(OCC)c(OC)c1. The third kappa shape index (κ3) is 4.15. The molecule has 0 spiro atoms. The van der Waals surface area contributed by atoms with E-state index in [4.69, 9.17) is 9.47 Å². The number of amides is 1. The molecule has 0 aromatic heterocycles. The van der Waals surface area contributed by atoms with Crippen LogP contribution in [0.3, 0.4) is 0 Å². The van der Waals surface area contributed by atoms with Crippen molar-refractivity contribution in [3.8, 4) is 11.5 Å². The molecule has 0 aliphatic rings. The highest BCUT2D eigenvalue weighted by Gasteiger charge is 2.16. The Balaban J connectivity index is 2.91. The summed E-state index contributed by atoms with van der Waals surface area (Å²) in [6, 6.07) is 5.34. The van der Waals surface area contributed by atoms with Gasteiger partial charge in [-0.2, -0.15) is 0 Å². The van der Waals surface area contributed by atoms with Gasteiger partial charge in [0, 0.05) is 18.7 Å². The van der Waals surface area contributed by atoms with Crippen molar-refractivity contribution in [3.63, 3.8) is 0 Å². The maximum absolute atomic E-state index is 12.4. The van der Waals surface area contributed by atoms with Gasteiger partial charge in [0.1, 0.15) is 0 Å². The van der Waals surface area contributed by atoms with Crippen LogP contribution in [-0.2, 0) is 0 Å². The average molecular weight is 279 g/mol. The first-order chi connectivity index (χ1) is 9.67. The zero-order valence-electron chi connectivity index (χ0n) is 12.9. The Morgan fingerprint density at radius 1 is 1.20 bits per heavy atom. The molecule has 0 aliphatic heterocycles. The molecule has 4 nitrogen and oxygen atoms in total. The number of carbonyl (C=O) groups is 1. The van der Waals surface area contributed by atoms with Gasteiger partial charge in [0.15, 0.2) is 11.5 Å². The van der Waals surface area contributed by atoms with Gasteiger partial charge >= 0.3 is 0 Å². The Labute approximate surface area is 121 Å². The first-order valence-corrected chi connectivity index (χ1v) is 7.27. The number of rotatable bonds is 8. The van der Waals surface area contributed by atoms with Gasteiger partial charge in [-0.25, -0.2) is 0 Å². The van der Waals surface area contributed by atoms with E-state index < -0.39 is 0 Å². The maximum Gasteiger partial charge on any atom is 0.253 e. The van der Waals surface area contributed by atoms with Crippen molar-refractivity contribution in [2.24, 2.45) is 0 Å². The molecule has 0 saturated carbocycles. The lowest BCUT2D eigenvalue weighted by Gasteiger charge is -2.21. The summed E-state index contributed by atoms with van der Waals surface area (Å²) in [6.45, 7) is 8.12. The lowest BCUT2D eigenvalue weighted by molar-refractivity contribution is 0.0762. The molecule has 1 aromatic rings. The van der Waals surface area contributed by atoms with Gasteiger partial charge in [0.25, 0.3) is 5.91 Å². The molecule has 20 heavy (non-hydrogen) atoms. The normalized spacial score (nSPS) is 10.2. The molecule has 0 saturated heterocycles. The Morgan fingerprint density at radius 2 is 1.95 bits per heavy atom. The van der Waals surface area contributed by atoms with Crippen LogP contribution in [-0.4, -0.2) is 37.6 Å². The van der Waals surface area contributed by atoms with Crippen molar-refractivity contribution < 1.29 is 14.3 Å². The third-order valence-electron chi connectivity index (χ3n) is 3.16. The number of benzene rings is 1. The largest absolute Gasteiger partial charge is 0.493 e. The highest BCUT2D eigenvalue weighted by Crippen LogP contribution is 2.28. The van der Waals surface area contributed by atoms with Crippen LogP contribution in [0, 0.1) is 0 Å². The molecule has 0 unspecified atom stereocenters. The number of nitrogens with zero attached hydrogens (tertiary/aromatic N) is 1. The average Bonchev–Trinajstić information content (AvgIpc) is 2.48. The molecule has 1 rings (SSSR count). The van der Waals surface area contributed by atoms with Gasteiger partial charge in [0.2, 0.25) is 0 Å². The summed E-state index contributed by atoms with van der Waals surface area (Å²) >= 11 is 0. The van der Waals surface area contributed by atoms with E-state index in [2.05, 4.69) is 6.92 Å². The number of carbonyl (C=O) groups excluding carboxylic acids is 1. The molecule has 0 heterocycles. The van der Waals surface area contributed by atoms with E-state index in [1.807, 2.05) is 18.7 Å². The predicted molar refractivity (Wildman–Crippen MR) is 80.6 cm³/mol. The highest BCUT2D eigenvalue weighted by atomic mass is 16.5. The standard InChI is InChI=1S/C16H25NO3/c1-5-8-11-17(6-2)16(18)13-9-10-14(20-7-3)15(12-13)19-4/h9-10,12H,5-8,11H2,1-4H3. The van der Waals surface area contributed by atoms with Crippen LogP contribution < -0.4 is 9.47 Å². The lowest BCUT2D eigenvalue weighted by atomic mass is 10.1. The van der Waals surface area contributed by atoms with E-state index >= 15 is 0 Å². The summed E-state index contributed by atoms with van der Waals surface area (Å²) in [5, 5.41) is 0. The van der Waals surface area contributed by atoms with E-state index in [1.54, 1.807) is 25.3 Å². The summed E-state index contributed by atoms with van der Waals surface area (Å²) in [5.74, 6) is 1.31. The molecule has 4 heteroatoms. The molecule has 1 aromatic carbocycles. The molecule has 0 radical (unpaired) electrons. The molecule has 112 valence electrons. The summed E-state index contributed by atoms with van der Waals surface area (Å²) in [4.78, 5) is 14.3. The van der Waals surface area contributed by atoms with Crippen molar-refractivity contribution in [2.75, 3.05) is 26.8 Å². The number of unbranched alkanes of at least 4 members (excludes halogenated alkanes) is 1. The van der Waals surface area contributed by atoms with Crippen molar-refractivity contribution in [1.29, 1.82) is 0 Å². The van der Waals surface area contributed by atoms with Gasteiger partial charge in [-0.05, 0) is 38.5 Å². The first-order valence-electron chi connectivity index (χ1n) is 7.27. The number of methoxy groups -OCH3 is 1. The Bertz CT molecular complexity index is 432. The van der Waals surface area contributed by atoms with Crippen LogP contribution in [0.1, 0.15) is 44.0 Å². The van der Waals surface area contributed by atoms with Gasteiger partial charge < -0.3 is 14.4 Å². The lowest BCUT2D eigenvalue weighted by Crippen LogP contribution is -2.31. The van der Waals surface area contributed by atoms with Crippen molar-refractivity contribution in [2.45, 2.75) is 33.6 Å². The maximum atomic E-state index is 12.4. The molecule has 0 aliphatic carbocycles. The minimum absolute atomic E-state index is 0.0438. The second-order valence-corrected chi connectivity index (χ2v) is 4.54. The molecule has 0 N–H and O–H groups in total. The topological polar surface area (TPSA) is 38.8 Å². The van der Waals surface area contributed by atoms with Crippen molar-refractivity contribution in [3.05, 3.63) is 23.8 Å². The second-order valence-electron chi connectivity index (χ2n) is 4.54. The Kier molecular flexibility index (Phi) is 6.91. The fourth-order valence-electron chi connectivity index (χ4n) is 2.01. The fraction of sp³-hybridized carbons (Fsp3) is 0.562. The van der Waals surface area contributed by atoms with Gasteiger partial charge in [0.05, 0.1) is 13.7 Å². The van der Waals surface area contributed by atoms with Crippen molar-refractivity contribution >= 4 is 5.91 Å².